The van der Waals surface area contributed by atoms with Crippen LogP contribution >= 0.6 is 0 Å². The summed E-state index contributed by atoms with van der Waals surface area (Å²) in [6.07, 6.45) is 6.19. The molecule has 0 unspecified atom stereocenters. The van der Waals surface area contributed by atoms with Crippen molar-refractivity contribution in [1.29, 1.82) is 0 Å². The second-order valence-corrected chi connectivity index (χ2v) is 4.38. The molecule has 1 aliphatic heterocycles. The highest BCUT2D eigenvalue weighted by Crippen LogP contribution is 2.07. The topological polar surface area (TPSA) is 79.0 Å². The maximum atomic E-state index is 11.5. The molecule has 0 bridgehead atoms. The van der Waals surface area contributed by atoms with Crippen molar-refractivity contribution in [1.82, 2.24) is 20.6 Å². The van der Waals surface area contributed by atoms with Gasteiger partial charge < -0.3 is 20.4 Å². The Morgan fingerprint density at radius 2 is 2.33 bits per heavy atom. The van der Waals surface area contributed by atoms with Crippen LogP contribution in [-0.4, -0.2) is 41.7 Å². The lowest BCUT2D eigenvalue weighted by atomic mass is 10.1. The molecule has 6 heteroatoms. The summed E-state index contributed by atoms with van der Waals surface area (Å²) in [5, 5.41) is 6.08. The summed E-state index contributed by atoms with van der Waals surface area (Å²) in [6.45, 7) is 2.96. The molecule has 0 aliphatic carbocycles. The molecule has 0 radical (unpaired) electrons. The number of hydrogen-bond acceptors (Lipinski definition) is 4. The smallest absolute Gasteiger partial charge is 0.222 e. The van der Waals surface area contributed by atoms with Gasteiger partial charge in [0.05, 0.1) is 19.3 Å². The minimum Gasteiger partial charge on any atom is -0.378 e. The summed E-state index contributed by atoms with van der Waals surface area (Å²) in [4.78, 5) is 18.5. The Balaban J connectivity index is 1.54. The molecule has 1 aromatic heterocycles. The highest BCUT2D eigenvalue weighted by molar-refractivity contribution is 5.75. The number of piperidine rings is 1. The first-order chi connectivity index (χ1) is 8.84. The number of aromatic nitrogens is 2. The summed E-state index contributed by atoms with van der Waals surface area (Å²) in [6, 6.07) is 0. The van der Waals surface area contributed by atoms with Gasteiger partial charge in [-0.2, -0.15) is 0 Å². The van der Waals surface area contributed by atoms with Gasteiger partial charge in [0.2, 0.25) is 5.91 Å². The maximum absolute atomic E-state index is 11.5. The first kappa shape index (κ1) is 13.0. The Kier molecular flexibility index (Phi) is 5.16. The minimum absolute atomic E-state index is 0.000310. The van der Waals surface area contributed by atoms with Crippen molar-refractivity contribution in [3.8, 4) is 0 Å². The quantitative estimate of drug-likeness (QED) is 0.675. The predicted octanol–water partition coefficient (Wildman–Crippen LogP) is 0.185. The Bertz CT molecular complexity index is 347. The van der Waals surface area contributed by atoms with Crippen LogP contribution in [0.2, 0.25) is 0 Å². The fraction of sp³-hybridized carbons (Fsp3) is 0.667. The lowest BCUT2D eigenvalue weighted by molar-refractivity contribution is -0.122. The molecule has 2 rings (SSSR count). The van der Waals surface area contributed by atoms with Gasteiger partial charge in [-0.25, -0.2) is 4.98 Å². The molecule has 18 heavy (non-hydrogen) atoms. The van der Waals surface area contributed by atoms with E-state index in [1.807, 2.05) is 0 Å². The zero-order valence-corrected chi connectivity index (χ0v) is 10.4. The van der Waals surface area contributed by atoms with Gasteiger partial charge in [-0.3, -0.25) is 4.79 Å². The molecule has 0 aromatic carbocycles. The minimum atomic E-state index is 0.000310. The average Bonchev–Trinajstić information content (AvgIpc) is 2.91. The average molecular weight is 252 g/mol. The number of nitrogens with zero attached hydrogens (tertiary/aromatic N) is 1. The molecule has 3 N–H and O–H groups in total. The summed E-state index contributed by atoms with van der Waals surface area (Å²) in [5.41, 5.74) is 0. The first-order valence-electron chi connectivity index (χ1n) is 6.42. The van der Waals surface area contributed by atoms with Crippen LogP contribution in [0.25, 0.3) is 0 Å². The monoisotopic (exact) mass is 252 g/mol. The summed E-state index contributed by atoms with van der Waals surface area (Å²) in [5.74, 6) is 0.767. The van der Waals surface area contributed by atoms with E-state index in [4.69, 9.17) is 4.74 Å². The standard InChI is InChI=1S/C12H20N4O2/c17-12(16-9-11-14-6-7-15-11)3-8-18-10-1-4-13-5-2-10/h6-7,10,13H,1-5,8-9H2,(H,14,15)(H,16,17). The number of aromatic amines is 1. The fourth-order valence-corrected chi connectivity index (χ4v) is 1.95. The van der Waals surface area contributed by atoms with Crippen LogP contribution in [0.5, 0.6) is 0 Å². The molecule has 1 aliphatic rings. The molecular formula is C12H20N4O2. The zero-order valence-electron chi connectivity index (χ0n) is 10.4. The van der Waals surface area contributed by atoms with Gasteiger partial charge in [0.15, 0.2) is 0 Å². The number of H-pyrrole nitrogens is 1. The van der Waals surface area contributed by atoms with E-state index in [0.29, 0.717) is 25.7 Å². The normalized spacial score (nSPS) is 16.7. The third-order valence-corrected chi connectivity index (χ3v) is 2.98. The number of amides is 1. The third-order valence-electron chi connectivity index (χ3n) is 2.98. The highest BCUT2D eigenvalue weighted by atomic mass is 16.5. The maximum Gasteiger partial charge on any atom is 0.222 e. The van der Waals surface area contributed by atoms with Gasteiger partial charge in [0, 0.05) is 18.8 Å². The number of hydrogen-bond donors (Lipinski definition) is 3. The Morgan fingerprint density at radius 3 is 3.06 bits per heavy atom. The first-order valence-corrected chi connectivity index (χ1v) is 6.42. The van der Waals surface area contributed by atoms with Crippen LogP contribution in [0.3, 0.4) is 0 Å². The van der Waals surface area contributed by atoms with E-state index in [1.165, 1.54) is 0 Å². The predicted molar refractivity (Wildman–Crippen MR) is 66.9 cm³/mol. The summed E-state index contributed by atoms with van der Waals surface area (Å²) in [7, 11) is 0. The molecule has 6 nitrogen and oxygen atoms in total. The second kappa shape index (κ2) is 7.13. The fourth-order valence-electron chi connectivity index (χ4n) is 1.95. The van der Waals surface area contributed by atoms with E-state index in [1.54, 1.807) is 12.4 Å². The largest absolute Gasteiger partial charge is 0.378 e. The molecule has 100 valence electrons. The molecular weight excluding hydrogens is 232 g/mol. The SMILES string of the molecule is O=C(CCOC1CCNCC1)NCc1ncc[nH]1. The number of rotatable bonds is 6. The number of carbonyl (C=O) groups is 1. The zero-order chi connectivity index (χ0) is 12.6. The van der Waals surface area contributed by atoms with Crippen LogP contribution in [0.4, 0.5) is 0 Å². The van der Waals surface area contributed by atoms with E-state index in [9.17, 15) is 4.79 Å². The van der Waals surface area contributed by atoms with Crippen molar-refractivity contribution in [2.24, 2.45) is 0 Å². The van der Waals surface area contributed by atoms with Crippen molar-refractivity contribution >= 4 is 5.91 Å². The molecule has 1 saturated heterocycles. The molecule has 1 aromatic rings. The Labute approximate surface area is 107 Å². The highest BCUT2D eigenvalue weighted by Gasteiger charge is 2.13. The van der Waals surface area contributed by atoms with Crippen molar-refractivity contribution in [2.75, 3.05) is 19.7 Å². The van der Waals surface area contributed by atoms with Gasteiger partial charge >= 0.3 is 0 Å². The van der Waals surface area contributed by atoms with Gasteiger partial charge in [0.1, 0.15) is 5.82 Å². The molecule has 0 atom stereocenters. The Hall–Kier alpha value is -1.40. The van der Waals surface area contributed by atoms with Crippen molar-refractivity contribution in [3.05, 3.63) is 18.2 Å². The summed E-state index contributed by atoms with van der Waals surface area (Å²) < 4.78 is 5.67. The third kappa shape index (κ3) is 4.46. The number of carbonyl (C=O) groups excluding carboxylic acids is 1. The van der Waals surface area contributed by atoms with E-state index in [0.717, 1.165) is 31.8 Å². The molecule has 1 amide bonds. The molecule has 0 saturated carbocycles. The summed E-state index contributed by atoms with van der Waals surface area (Å²) >= 11 is 0. The van der Waals surface area contributed by atoms with Crippen LogP contribution in [-0.2, 0) is 16.1 Å². The number of ether oxygens (including phenoxy) is 1. The van der Waals surface area contributed by atoms with Crippen LogP contribution in [0, 0.1) is 0 Å². The van der Waals surface area contributed by atoms with E-state index >= 15 is 0 Å². The van der Waals surface area contributed by atoms with Crippen LogP contribution < -0.4 is 10.6 Å². The molecule has 1 fully saturated rings. The number of nitrogens with one attached hydrogen (secondary N) is 3. The van der Waals surface area contributed by atoms with Crippen LogP contribution in [0.15, 0.2) is 12.4 Å². The van der Waals surface area contributed by atoms with Crippen LogP contribution in [0.1, 0.15) is 25.1 Å². The van der Waals surface area contributed by atoms with Gasteiger partial charge in [-0.15, -0.1) is 0 Å². The van der Waals surface area contributed by atoms with Crippen molar-refractivity contribution in [2.45, 2.75) is 31.9 Å². The van der Waals surface area contributed by atoms with Gasteiger partial charge in [0.25, 0.3) is 0 Å². The molecule has 0 spiro atoms. The lowest BCUT2D eigenvalue weighted by Gasteiger charge is -2.22. The van der Waals surface area contributed by atoms with Crippen molar-refractivity contribution < 1.29 is 9.53 Å². The van der Waals surface area contributed by atoms with Gasteiger partial charge in [-0.05, 0) is 25.9 Å². The van der Waals surface area contributed by atoms with Gasteiger partial charge in [-0.1, -0.05) is 0 Å². The van der Waals surface area contributed by atoms with E-state index in [2.05, 4.69) is 20.6 Å². The Morgan fingerprint density at radius 1 is 1.50 bits per heavy atom. The van der Waals surface area contributed by atoms with E-state index in [-0.39, 0.29) is 5.91 Å². The lowest BCUT2D eigenvalue weighted by Crippen LogP contribution is -2.33. The number of imidazole rings is 1. The molecule has 2 heterocycles. The second-order valence-electron chi connectivity index (χ2n) is 4.38. The van der Waals surface area contributed by atoms with E-state index < -0.39 is 0 Å². The van der Waals surface area contributed by atoms with Crippen molar-refractivity contribution in [3.63, 3.8) is 0 Å².